The summed E-state index contributed by atoms with van der Waals surface area (Å²) in [6.45, 7) is 3.33. The highest BCUT2D eigenvalue weighted by Crippen LogP contribution is 2.29. The second-order valence-corrected chi connectivity index (χ2v) is 9.86. The second kappa shape index (κ2) is 12.7. The largest absolute Gasteiger partial charge is 0.381 e. The zero-order valence-electron chi connectivity index (χ0n) is 21.4. The molecule has 0 aliphatic carbocycles. The Morgan fingerprint density at radius 3 is 2.32 bits per heavy atom. The molecule has 2 aliphatic heterocycles. The van der Waals surface area contributed by atoms with Gasteiger partial charge in [0.15, 0.2) is 0 Å². The Bertz CT molecular complexity index is 1240. The van der Waals surface area contributed by atoms with E-state index >= 15 is 0 Å². The van der Waals surface area contributed by atoms with E-state index in [1.807, 2.05) is 60.7 Å². The Morgan fingerprint density at radius 1 is 0.816 bits per heavy atom. The van der Waals surface area contributed by atoms with Gasteiger partial charge < -0.3 is 25.4 Å². The van der Waals surface area contributed by atoms with Crippen molar-refractivity contribution in [1.82, 2.24) is 10.3 Å². The maximum absolute atomic E-state index is 13.2. The number of anilines is 3. The summed E-state index contributed by atoms with van der Waals surface area (Å²) in [5, 5.41) is 9.48. The SMILES string of the molecule is O=C(NCC1CCOCC1)c1cc(Nc2ccccc2)cc(-c2ccnc(NC(=O)C3CCOCC3)c2)c1. The molecule has 2 aliphatic rings. The predicted octanol–water partition coefficient (Wildman–Crippen LogP) is 5.01. The van der Waals surface area contributed by atoms with E-state index in [-0.39, 0.29) is 17.7 Å². The Labute approximate surface area is 223 Å². The van der Waals surface area contributed by atoms with Crippen LogP contribution in [0.4, 0.5) is 17.2 Å². The average Bonchev–Trinajstić information content (AvgIpc) is 2.97. The van der Waals surface area contributed by atoms with Crippen molar-refractivity contribution in [3.05, 3.63) is 72.4 Å². The molecule has 3 heterocycles. The Hall–Kier alpha value is -3.75. The van der Waals surface area contributed by atoms with Gasteiger partial charge in [-0.15, -0.1) is 0 Å². The van der Waals surface area contributed by atoms with E-state index in [4.69, 9.17) is 9.47 Å². The standard InChI is InChI=1S/C30H34N4O4/c35-29(32-20-21-7-12-37-13-8-21)25-16-24(17-27(18-25)33-26-4-2-1-3-5-26)23-6-11-31-28(19-23)34-30(36)22-9-14-38-15-10-22/h1-6,11,16-19,21-22,33H,7-10,12-15,20H2,(H,32,35)(H,31,34,36). The highest BCUT2D eigenvalue weighted by Gasteiger charge is 2.22. The van der Waals surface area contributed by atoms with Crippen LogP contribution < -0.4 is 16.0 Å². The van der Waals surface area contributed by atoms with Crippen molar-refractivity contribution in [2.45, 2.75) is 25.7 Å². The molecule has 0 unspecified atom stereocenters. The third-order valence-electron chi connectivity index (χ3n) is 7.09. The highest BCUT2D eigenvalue weighted by atomic mass is 16.5. The number of carbonyl (C=O) groups excluding carboxylic acids is 2. The van der Waals surface area contributed by atoms with Crippen molar-refractivity contribution in [2.75, 3.05) is 43.6 Å². The topological polar surface area (TPSA) is 102 Å². The van der Waals surface area contributed by atoms with Crippen LogP contribution >= 0.6 is 0 Å². The smallest absolute Gasteiger partial charge is 0.251 e. The Balaban J connectivity index is 1.37. The van der Waals surface area contributed by atoms with Crippen molar-refractivity contribution in [1.29, 1.82) is 0 Å². The van der Waals surface area contributed by atoms with E-state index in [0.29, 0.717) is 49.9 Å². The number of rotatable bonds is 8. The molecule has 0 radical (unpaired) electrons. The van der Waals surface area contributed by atoms with Crippen molar-refractivity contribution in [2.24, 2.45) is 11.8 Å². The minimum atomic E-state index is -0.114. The van der Waals surface area contributed by atoms with Gasteiger partial charge in [0.2, 0.25) is 5.91 Å². The Kier molecular flexibility index (Phi) is 8.63. The number of ether oxygens (including phenoxy) is 2. The molecule has 198 valence electrons. The van der Waals surface area contributed by atoms with E-state index in [1.165, 1.54) is 0 Å². The lowest BCUT2D eigenvalue weighted by Gasteiger charge is -2.22. The number of amides is 2. The third kappa shape index (κ3) is 6.96. The first-order chi connectivity index (χ1) is 18.6. The molecular weight excluding hydrogens is 480 g/mol. The summed E-state index contributed by atoms with van der Waals surface area (Å²) in [6.07, 6.45) is 5.02. The lowest BCUT2D eigenvalue weighted by molar-refractivity contribution is -0.122. The molecule has 8 nitrogen and oxygen atoms in total. The molecule has 8 heteroatoms. The van der Waals surface area contributed by atoms with Crippen LogP contribution in [-0.4, -0.2) is 49.8 Å². The first kappa shape index (κ1) is 25.9. The van der Waals surface area contributed by atoms with Gasteiger partial charge in [0.25, 0.3) is 5.91 Å². The number of nitrogens with zero attached hydrogens (tertiary/aromatic N) is 1. The molecule has 0 spiro atoms. The van der Waals surface area contributed by atoms with E-state index < -0.39 is 0 Å². The van der Waals surface area contributed by atoms with Crippen LogP contribution in [0, 0.1) is 11.8 Å². The summed E-state index contributed by atoms with van der Waals surface area (Å²) in [7, 11) is 0. The first-order valence-corrected chi connectivity index (χ1v) is 13.3. The minimum Gasteiger partial charge on any atom is -0.381 e. The minimum absolute atomic E-state index is 0.0365. The number of pyridine rings is 1. The van der Waals surface area contributed by atoms with Crippen LogP contribution in [0.5, 0.6) is 0 Å². The van der Waals surface area contributed by atoms with Gasteiger partial charge in [-0.05, 0) is 85.2 Å². The van der Waals surface area contributed by atoms with Gasteiger partial charge in [0, 0.05) is 62.0 Å². The van der Waals surface area contributed by atoms with Crippen molar-refractivity contribution >= 4 is 29.0 Å². The van der Waals surface area contributed by atoms with Gasteiger partial charge in [-0.2, -0.15) is 0 Å². The van der Waals surface area contributed by atoms with E-state index in [9.17, 15) is 9.59 Å². The lowest BCUT2D eigenvalue weighted by Crippen LogP contribution is -2.32. The van der Waals surface area contributed by atoms with E-state index in [0.717, 1.165) is 48.6 Å². The molecule has 3 N–H and O–H groups in total. The van der Waals surface area contributed by atoms with Gasteiger partial charge in [-0.25, -0.2) is 4.98 Å². The summed E-state index contributed by atoms with van der Waals surface area (Å²) in [4.78, 5) is 30.3. The number of hydrogen-bond acceptors (Lipinski definition) is 6. The van der Waals surface area contributed by atoms with Crippen LogP contribution in [-0.2, 0) is 14.3 Å². The van der Waals surface area contributed by atoms with Gasteiger partial charge in [0.05, 0.1) is 0 Å². The monoisotopic (exact) mass is 514 g/mol. The second-order valence-electron chi connectivity index (χ2n) is 9.86. The summed E-state index contributed by atoms with van der Waals surface area (Å²) < 4.78 is 10.8. The molecule has 1 aromatic heterocycles. The van der Waals surface area contributed by atoms with Crippen LogP contribution in [0.25, 0.3) is 11.1 Å². The quantitative estimate of drug-likeness (QED) is 0.391. The normalized spacial score (nSPS) is 16.5. The molecular formula is C30H34N4O4. The first-order valence-electron chi connectivity index (χ1n) is 13.3. The fourth-order valence-electron chi connectivity index (χ4n) is 4.84. The molecule has 2 aromatic carbocycles. The number of benzene rings is 2. The zero-order valence-corrected chi connectivity index (χ0v) is 21.4. The van der Waals surface area contributed by atoms with E-state index in [2.05, 4.69) is 20.9 Å². The number of para-hydroxylation sites is 1. The molecule has 2 saturated heterocycles. The van der Waals surface area contributed by atoms with Crippen molar-refractivity contribution < 1.29 is 19.1 Å². The molecule has 0 saturated carbocycles. The molecule has 5 rings (SSSR count). The summed E-state index contributed by atoms with van der Waals surface area (Å²) in [5.74, 6) is 0.701. The fourth-order valence-corrected chi connectivity index (χ4v) is 4.84. The van der Waals surface area contributed by atoms with Gasteiger partial charge in [0.1, 0.15) is 5.82 Å². The van der Waals surface area contributed by atoms with Gasteiger partial charge >= 0.3 is 0 Å². The van der Waals surface area contributed by atoms with Crippen molar-refractivity contribution in [3.63, 3.8) is 0 Å². The van der Waals surface area contributed by atoms with Crippen LogP contribution in [0.15, 0.2) is 66.9 Å². The lowest BCUT2D eigenvalue weighted by atomic mass is 9.99. The molecule has 2 fully saturated rings. The summed E-state index contributed by atoms with van der Waals surface area (Å²) in [5.41, 5.74) is 4.01. The fraction of sp³-hybridized carbons (Fsp3) is 0.367. The predicted molar refractivity (Wildman–Crippen MR) is 147 cm³/mol. The van der Waals surface area contributed by atoms with Gasteiger partial charge in [-0.3, -0.25) is 9.59 Å². The van der Waals surface area contributed by atoms with Crippen LogP contribution in [0.2, 0.25) is 0 Å². The van der Waals surface area contributed by atoms with Crippen LogP contribution in [0.1, 0.15) is 36.0 Å². The molecule has 3 aromatic rings. The zero-order chi connectivity index (χ0) is 26.2. The molecule has 2 amide bonds. The van der Waals surface area contributed by atoms with Gasteiger partial charge in [-0.1, -0.05) is 18.2 Å². The summed E-state index contributed by atoms with van der Waals surface area (Å²) in [6, 6.07) is 19.3. The Morgan fingerprint density at radius 2 is 1.55 bits per heavy atom. The van der Waals surface area contributed by atoms with Crippen LogP contribution in [0.3, 0.4) is 0 Å². The summed E-state index contributed by atoms with van der Waals surface area (Å²) >= 11 is 0. The van der Waals surface area contributed by atoms with E-state index in [1.54, 1.807) is 6.20 Å². The molecule has 0 bridgehead atoms. The number of carbonyl (C=O) groups is 2. The average molecular weight is 515 g/mol. The molecule has 38 heavy (non-hydrogen) atoms. The van der Waals surface area contributed by atoms with Crippen molar-refractivity contribution in [3.8, 4) is 11.1 Å². The highest BCUT2D eigenvalue weighted by molar-refractivity contribution is 5.97. The third-order valence-corrected chi connectivity index (χ3v) is 7.09. The maximum Gasteiger partial charge on any atom is 0.251 e. The number of nitrogens with one attached hydrogen (secondary N) is 3. The number of aromatic nitrogens is 1. The molecule has 0 atom stereocenters. The number of hydrogen-bond donors (Lipinski definition) is 3. The maximum atomic E-state index is 13.2.